The summed E-state index contributed by atoms with van der Waals surface area (Å²) in [6.07, 6.45) is 0. The van der Waals surface area contributed by atoms with Gasteiger partial charge >= 0.3 is 0 Å². The van der Waals surface area contributed by atoms with Gasteiger partial charge in [-0.3, -0.25) is 0 Å². The van der Waals surface area contributed by atoms with Crippen LogP contribution >= 0.6 is 11.6 Å². The monoisotopic (exact) mass is 275 g/mol. The molecule has 19 heavy (non-hydrogen) atoms. The van der Waals surface area contributed by atoms with Crippen LogP contribution in [0.25, 0.3) is 0 Å². The topological polar surface area (TPSA) is 35.2 Å². The van der Waals surface area contributed by atoms with Crippen LogP contribution in [0.3, 0.4) is 0 Å². The first-order chi connectivity index (χ1) is 9.04. The van der Waals surface area contributed by atoms with E-state index in [1.54, 1.807) is 7.11 Å². The first-order valence-corrected chi connectivity index (χ1v) is 6.57. The molecule has 2 nitrogen and oxygen atoms in total. The van der Waals surface area contributed by atoms with E-state index in [1.807, 2.05) is 50.2 Å². The van der Waals surface area contributed by atoms with Gasteiger partial charge in [-0.15, -0.1) is 0 Å². The minimum Gasteiger partial charge on any atom is -0.497 e. The standard InChI is InChI=1S/C16H18ClNO/c1-10-5-4-6-14(15(10)17)16(18)13-8-7-12(19-3)9-11(13)2/h4-9,16H,18H2,1-3H3. The van der Waals surface area contributed by atoms with Crippen LogP contribution < -0.4 is 10.5 Å². The Labute approximate surface area is 119 Å². The van der Waals surface area contributed by atoms with E-state index >= 15 is 0 Å². The number of hydrogen-bond acceptors (Lipinski definition) is 2. The Balaban J connectivity index is 2.44. The normalized spacial score (nSPS) is 12.3. The number of methoxy groups -OCH3 is 1. The van der Waals surface area contributed by atoms with Gasteiger partial charge in [0.2, 0.25) is 0 Å². The maximum absolute atomic E-state index is 6.35. The lowest BCUT2D eigenvalue weighted by molar-refractivity contribution is 0.414. The lowest BCUT2D eigenvalue weighted by Gasteiger charge is -2.18. The van der Waals surface area contributed by atoms with Crippen molar-refractivity contribution >= 4 is 11.6 Å². The van der Waals surface area contributed by atoms with Crippen molar-refractivity contribution in [2.24, 2.45) is 5.73 Å². The molecule has 0 aliphatic heterocycles. The van der Waals surface area contributed by atoms with Gasteiger partial charge in [0.25, 0.3) is 0 Å². The van der Waals surface area contributed by atoms with Crippen LogP contribution in [0.2, 0.25) is 5.02 Å². The molecule has 2 aromatic rings. The Morgan fingerprint density at radius 3 is 2.42 bits per heavy atom. The predicted molar refractivity (Wildman–Crippen MR) is 80.0 cm³/mol. The molecule has 3 heteroatoms. The maximum atomic E-state index is 6.35. The number of hydrogen-bond donors (Lipinski definition) is 1. The molecule has 1 atom stereocenters. The third-order valence-electron chi connectivity index (χ3n) is 3.37. The summed E-state index contributed by atoms with van der Waals surface area (Å²) >= 11 is 6.34. The van der Waals surface area contributed by atoms with E-state index < -0.39 is 0 Å². The van der Waals surface area contributed by atoms with Crippen molar-refractivity contribution in [3.8, 4) is 5.75 Å². The highest BCUT2D eigenvalue weighted by Gasteiger charge is 2.15. The Hall–Kier alpha value is -1.51. The quantitative estimate of drug-likeness (QED) is 0.918. The molecule has 1 unspecified atom stereocenters. The van der Waals surface area contributed by atoms with Crippen molar-refractivity contribution in [3.05, 3.63) is 63.7 Å². The van der Waals surface area contributed by atoms with Gasteiger partial charge in [0, 0.05) is 5.02 Å². The Morgan fingerprint density at radius 2 is 1.79 bits per heavy atom. The van der Waals surface area contributed by atoms with Crippen molar-refractivity contribution in [2.75, 3.05) is 7.11 Å². The molecular formula is C16H18ClNO. The van der Waals surface area contributed by atoms with E-state index in [0.29, 0.717) is 0 Å². The van der Waals surface area contributed by atoms with Crippen LogP contribution in [0.1, 0.15) is 28.3 Å². The second kappa shape index (κ2) is 5.64. The van der Waals surface area contributed by atoms with E-state index in [2.05, 4.69) is 0 Å². The fraction of sp³-hybridized carbons (Fsp3) is 0.250. The van der Waals surface area contributed by atoms with Crippen molar-refractivity contribution in [1.29, 1.82) is 0 Å². The number of rotatable bonds is 3. The smallest absolute Gasteiger partial charge is 0.119 e. The number of nitrogens with two attached hydrogens (primary N) is 1. The number of aryl methyl sites for hydroxylation is 2. The molecule has 0 aliphatic carbocycles. The SMILES string of the molecule is COc1ccc(C(N)c2cccc(C)c2Cl)c(C)c1. The highest BCUT2D eigenvalue weighted by atomic mass is 35.5. The van der Waals surface area contributed by atoms with E-state index in [0.717, 1.165) is 33.0 Å². The molecule has 2 N–H and O–H groups in total. The van der Waals surface area contributed by atoms with Gasteiger partial charge in [0.1, 0.15) is 5.75 Å². The summed E-state index contributed by atoms with van der Waals surface area (Å²) in [7, 11) is 1.66. The first kappa shape index (κ1) is 13.9. The summed E-state index contributed by atoms with van der Waals surface area (Å²) in [6.45, 7) is 4.01. The van der Waals surface area contributed by atoms with Gasteiger partial charge in [0.15, 0.2) is 0 Å². The lowest BCUT2D eigenvalue weighted by Crippen LogP contribution is -2.14. The molecule has 0 spiro atoms. The van der Waals surface area contributed by atoms with Gasteiger partial charge in [-0.1, -0.05) is 35.9 Å². The summed E-state index contributed by atoms with van der Waals surface area (Å²) in [5.74, 6) is 0.837. The summed E-state index contributed by atoms with van der Waals surface area (Å²) in [6, 6.07) is 11.6. The van der Waals surface area contributed by atoms with Gasteiger partial charge in [-0.2, -0.15) is 0 Å². The van der Waals surface area contributed by atoms with E-state index in [4.69, 9.17) is 22.1 Å². The largest absolute Gasteiger partial charge is 0.497 e. The minimum absolute atomic E-state index is 0.224. The zero-order valence-corrected chi connectivity index (χ0v) is 12.2. The maximum Gasteiger partial charge on any atom is 0.119 e. The summed E-state index contributed by atoms with van der Waals surface area (Å²) in [5, 5.41) is 0.741. The van der Waals surface area contributed by atoms with E-state index in [-0.39, 0.29) is 6.04 Å². The van der Waals surface area contributed by atoms with Gasteiger partial charge in [-0.25, -0.2) is 0 Å². The second-order valence-electron chi connectivity index (χ2n) is 4.68. The molecule has 0 radical (unpaired) electrons. The molecule has 0 heterocycles. The van der Waals surface area contributed by atoms with Gasteiger partial charge in [0.05, 0.1) is 13.2 Å². The number of ether oxygens (including phenoxy) is 1. The average molecular weight is 276 g/mol. The molecule has 0 fully saturated rings. The fourth-order valence-electron chi connectivity index (χ4n) is 2.20. The van der Waals surface area contributed by atoms with Gasteiger partial charge in [-0.05, 0) is 48.2 Å². The third-order valence-corrected chi connectivity index (χ3v) is 3.89. The van der Waals surface area contributed by atoms with Crippen LogP contribution in [0, 0.1) is 13.8 Å². The number of benzene rings is 2. The highest BCUT2D eigenvalue weighted by molar-refractivity contribution is 6.32. The van der Waals surface area contributed by atoms with Crippen molar-refractivity contribution in [3.63, 3.8) is 0 Å². The molecule has 0 amide bonds. The van der Waals surface area contributed by atoms with E-state index in [1.165, 1.54) is 0 Å². The molecule has 0 aliphatic rings. The third kappa shape index (κ3) is 2.75. The summed E-state index contributed by atoms with van der Waals surface area (Å²) in [5.41, 5.74) is 10.5. The molecular weight excluding hydrogens is 258 g/mol. The molecule has 2 rings (SSSR count). The molecule has 0 saturated heterocycles. The first-order valence-electron chi connectivity index (χ1n) is 6.19. The minimum atomic E-state index is -0.224. The van der Waals surface area contributed by atoms with Crippen molar-refractivity contribution in [2.45, 2.75) is 19.9 Å². The Morgan fingerprint density at radius 1 is 1.05 bits per heavy atom. The Kier molecular flexibility index (Phi) is 4.13. The number of halogens is 1. The molecule has 2 aromatic carbocycles. The van der Waals surface area contributed by atoms with Crippen LogP contribution in [0.15, 0.2) is 36.4 Å². The molecule has 0 aromatic heterocycles. The van der Waals surface area contributed by atoms with Crippen molar-refractivity contribution in [1.82, 2.24) is 0 Å². The zero-order chi connectivity index (χ0) is 14.0. The predicted octanol–water partition coefficient (Wildman–Crippen LogP) is 4.01. The van der Waals surface area contributed by atoms with E-state index in [9.17, 15) is 0 Å². The van der Waals surface area contributed by atoms with Crippen molar-refractivity contribution < 1.29 is 4.74 Å². The van der Waals surface area contributed by atoms with Crippen LogP contribution in [0.4, 0.5) is 0 Å². The van der Waals surface area contributed by atoms with Crippen LogP contribution in [-0.4, -0.2) is 7.11 Å². The molecule has 100 valence electrons. The lowest BCUT2D eigenvalue weighted by atomic mass is 9.94. The fourth-order valence-corrected chi connectivity index (χ4v) is 2.45. The molecule has 0 bridgehead atoms. The summed E-state index contributed by atoms with van der Waals surface area (Å²) < 4.78 is 5.21. The summed E-state index contributed by atoms with van der Waals surface area (Å²) in [4.78, 5) is 0. The average Bonchev–Trinajstić information content (AvgIpc) is 2.41. The highest BCUT2D eigenvalue weighted by Crippen LogP contribution is 2.31. The molecule has 0 saturated carbocycles. The van der Waals surface area contributed by atoms with Crippen LogP contribution in [0.5, 0.6) is 5.75 Å². The van der Waals surface area contributed by atoms with Crippen LogP contribution in [-0.2, 0) is 0 Å². The van der Waals surface area contributed by atoms with Gasteiger partial charge < -0.3 is 10.5 Å². The zero-order valence-electron chi connectivity index (χ0n) is 11.4. The Bertz CT molecular complexity index is 595. The second-order valence-corrected chi connectivity index (χ2v) is 5.06.